The van der Waals surface area contributed by atoms with Gasteiger partial charge in [-0.25, -0.2) is 0 Å². The molecule has 0 saturated carbocycles. The van der Waals surface area contributed by atoms with Gasteiger partial charge in [0, 0.05) is 25.6 Å². The lowest BCUT2D eigenvalue weighted by Crippen LogP contribution is -2.40. The van der Waals surface area contributed by atoms with Crippen LogP contribution in [0.1, 0.15) is 33.1 Å². The minimum atomic E-state index is 0.142. The molecule has 0 aromatic rings. The fourth-order valence-electron chi connectivity index (χ4n) is 2.06. The van der Waals surface area contributed by atoms with Gasteiger partial charge in [0.05, 0.1) is 11.9 Å². The molecule has 4 heteroatoms. The first-order chi connectivity index (χ1) is 7.63. The van der Waals surface area contributed by atoms with Crippen LogP contribution >= 0.6 is 0 Å². The number of nitrogens with one attached hydrogen (secondary N) is 1. The Morgan fingerprint density at radius 3 is 2.81 bits per heavy atom. The Hall–Kier alpha value is -0.610. The van der Waals surface area contributed by atoms with E-state index in [1.807, 2.05) is 6.92 Å². The molecule has 1 fully saturated rings. The smallest absolute Gasteiger partial charge is 0.0947 e. The highest BCUT2D eigenvalue weighted by Crippen LogP contribution is 2.14. The molecule has 1 heterocycles. The Kier molecular flexibility index (Phi) is 5.77. The summed E-state index contributed by atoms with van der Waals surface area (Å²) < 4.78 is 5.73. The number of ether oxygens (including phenoxy) is 1. The van der Waals surface area contributed by atoms with Gasteiger partial charge < -0.3 is 15.4 Å². The van der Waals surface area contributed by atoms with Crippen molar-refractivity contribution in [3.8, 4) is 0 Å². The van der Waals surface area contributed by atoms with Gasteiger partial charge in [-0.3, -0.25) is 5.41 Å². The number of nitrogens with two attached hydrogens (primary N) is 1. The van der Waals surface area contributed by atoms with E-state index < -0.39 is 0 Å². The molecule has 1 aliphatic rings. The molecule has 0 radical (unpaired) electrons. The van der Waals surface area contributed by atoms with Crippen LogP contribution in [0.25, 0.3) is 0 Å². The average Bonchev–Trinajstić information content (AvgIpc) is 2.29. The van der Waals surface area contributed by atoms with Crippen LogP contribution in [0.5, 0.6) is 0 Å². The maximum absolute atomic E-state index is 7.41. The van der Waals surface area contributed by atoms with Crippen molar-refractivity contribution in [1.29, 1.82) is 5.41 Å². The quantitative estimate of drug-likeness (QED) is 0.533. The van der Waals surface area contributed by atoms with E-state index in [-0.39, 0.29) is 11.8 Å². The van der Waals surface area contributed by atoms with Crippen molar-refractivity contribution >= 4 is 5.84 Å². The van der Waals surface area contributed by atoms with E-state index in [1.165, 1.54) is 19.3 Å². The van der Waals surface area contributed by atoms with Crippen LogP contribution in [0.15, 0.2) is 0 Å². The number of hydrogen-bond donors (Lipinski definition) is 2. The Balaban J connectivity index is 2.32. The van der Waals surface area contributed by atoms with Gasteiger partial charge >= 0.3 is 0 Å². The zero-order chi connectivity index (χ0) is 12.0. The number of likely N-dealkylation sites (N-methyl/N-ethyl adjacent to an activating group) is 1. The lowest BCUT2D eigenvalue weighted by molar-refractivity contribution is -0.00577. The molecule has 0 aromatic carbocycles. The molecule has 0 bridgehead atoms. The molecule has 0 amide bonds. The first kappa shape index (κ1) is 13.5. The summed E-state index contributed by atoms with van der Waals surface area (Å²) in [5.74, 6) is 0.423. The Morgan fingerprint density at radius 2 is 2.31 bits per heavy atom. The van der Waals surface area contributed by atoms with E-state index >= 15 is 0 Å². The van der Waals surface area contributed by atoms with Crippen molar-refractivity contribution in [3.05, 3.63) is 0 Å². The first-order valence-corrected chi connectivity index (χ1v) is 6.31. The summed E-state index contributed by atoms with van der Waals surface area (Å²) in [6, 6.07) is 0. The van der Waals surface area contributed by atoms with Crippen molar-refractivity contribution in [1.82, 2.24) is 4.90 Å². The highest BCUT2D eigenvalue weighted by molar-refractivity contribution is 5.79. The van der Waals surface area contributed by atoms with Gasteiger partial charge in [0.1, 0.15) is 0 Å². The zero-order valence-electron chi connectivity index (χ0n) is 10.5. The molecule has 2 atom stereocenters. The van der Waals surface area contributed by atoms with Crippen molar-refractivity contribution in [2.24, 2.45) is 11.7 Å². The van der Waals surface area contributed by atoms with Crippen molar-refractivity contribution in [2.45, 2.75) is 39.2 Å². The molecular weight excluding hydrogens is 202 g/mol. The summed E-state index contributed by atoms with van der Waals surface area (Å²) in [6.07, 6.45) is 4.04. The van der Waals surface area contributed by atoms with Crippen molar-refractivity contribution < 1.29 is 4.74 Å². The van der Waals surface area contributed by atoms with Gasteiger partial charge in [0.25, 0.3) is 0 Å². The molecule has 0 aromatic heterocycles. The van der Waals surface area contributed by atoms with Gasteiger partial charge in [-0.2, -0.15) is 0 Å². The highest BCUT2D eigenvalue weighted by atomic mass is 16.5. The third-order valence-electron chi connectivity index (χ3n) is 3.25. The van der Waals surface area contributed by atoms with Gasteiger partial charge in [-0.05, 0) is 25.8 Å². The third kappa shape index (κ3) is 4.49. The SMILES string of the molecule is CCN(CC1CCCCO1)CC(C)C(=N)N. The molecule has 0 spiro atoms. The fourth-order valence-corrected chi connectivity index (χ4v) is 2.06. The summed E-state index contributed by atoms with van der Waals surface area (Å²) in [7, 11) is 0. The minimum absolute atomic E-state index is 0.142. The summed E-state index contributed by atoms with van der Waals surface area (Å²) in [5, 5.41) is 7.41. The highest BCUT2D eigenvalue weighted by Gasteiger charge is 2.18. The first-order valence-electron chi connectivity index (χ1n) is 6.31. The standard InChI is InChI=1S/C12H25N3O/c1-3-15(8-10(2)12(13)14)9-11-6-4-5-7-16-11/h10-11H,3-9H2,1-2H3,(H3,13,14). The fraction of sp³-hybridized carbons (Fsp3) is 0.917. The van der Waals surface area contributed by atoms with Crippen LogP contribution in [0, 0.1) is 11.3 Å². The molecular formula is C12H25N3O. The monoisotopic (exact) mass is 227 g/mol. The minimum Gasteiger partial charge on any atom is -0.387 e. The second kappa shape index (κ2) is 6.86. The van der Waals surface area contributed by atoms with Crippen molar-refractivity contribution in [2.75, 3.05) is 26.2 Å². The predicted molar refractivity (Wildman–Crippen MR) is 66.8 cm³/mol. The van der Waals surface area contributed by atoms with E-state index in [1.54, 1.807) is 0 Å². The number of hydrogen-bond acceptors (Lipinski definition) is 3. The molecule has 94 valence electrons. The van der Waals surface area contributed by atoms with Crippen LogP contribution in [0.4, 0.5) is 0 Å². The third-order valence-corrected chi connectivity index (χ3v) is 3.25. The topological polar surface area (TPSA) is 62.3 Å². The summed E-state index contributed by atoms with van der Waals surface area (Å²) >= 11 is 0. The van der Waals surface area contributed by atoms with E-state index in [0.29, 0.717) is 6.10 Å². The van der Waals surface area contributed by atoms with Crippen LogP contribution in [0.2, 0.25) is 0 Å². The van der Waals surface area contributed by atoms with Crippen molar-refractivity contribution in [3.63, 3.8) is 0 Å². The maximum Gasteiger partial charge on any atom is 0.0947 e. The van der Waals surface area contributed by atoms with E-state index in [9.17, 15) is 0 Å². The van der Waals surface area contributed by atoms with E-state index in [4.69, 9.17) is 15.9 Å². The molecule has 1 aliphatic heterocycles. The lowest BCUT2D eigenvalue weighted by atomic mass is 10.1. The second-order valence-corrected chi connectivity index (χ2v) is 4.70. The summed E-state index contributed by atoms with van der Waals surface area (Å²) in [5.41, 5.74) is 5.50. The van der Waals surface area contributed by atoms with Crippen LogP contribution in [-0.4, -0.2) is 43.1 Å². The second-order valence-electron chi connectivity index (χ2n) is 4.70. The molecule has 0 aliphatic carbocycles. The average molecular weight is 227 g/mol. The Labute approximate surface area is 98.6 Å². The van der Waals surface area contributed by atoms with E-state index in [2.05, 4.69) is 11.8 Å². The van der Waals surface area contributed by atoms with Gasteiger partial charge in [0.2, 0.25) is 0 Å². The van der Waals surface area contributed by atoms with Gasteiger partial charge in [-0.1, -0.05) is 13.8 Å². The molecule has 4 nitrogen and oxygen atoms in total. The number of rotatable bonds is 6. The molecule has 1 saturated heterocycles. The Bertz CT molecular complexity index is 214. The van der Waals surface area contributed by atoms with Crippen LogP contribution < -0.4 is 5.73 Å². The van der Waals surface area contributed by atoms with Gasteiger partial charge in [0.15, 0.2) is 0 Å². The van der Waals surface area contributed by atoms with Crippen LogP contribution in [0.3, 0.4) is 0 Å². The largest absolute Gasteiger partial charge is 0.387 e. The number of nitrogens with zero attached hydrogens (tertiary/aromatic N) is 1. The summed E-state index contributed by atoms with van der Waals surface area (Å²) in [6.45, 7) is 7.91. The predicted octanol–water partition coefficient (Wildman–Crippen LogP) is 1.45. The molecule has 2 unspecified atom stereocenters. The lowest BCUT2D eigenvalue weighted by Gasteiger charge is -2.30. The summed E-state index contributed by atoms with van der Waals surface area (Å²) in [4.78, 5) is 2.34. The number of amidine groups is 1. The molecule has 1 rings (SSSR count). The molecule has 16 heavy (non-hydrogen) atoms. The van der Waals surface area contributed by atoms with E-state index in [0.717, 1.165) is 26.2 Å². The Morgan fingerprint density at radius 1 is 1.56 bits per heavy atom. The molecule has 3 N–H and O–H groups in total. The van der Waals surface area contributed by atoms with Crippen LogP contribution in [-0.2, 0) is 4.74 Å². The normalized spacial score (nSPS) is 23.3. The van der Waals surface area contributed by atoms with Gasteiger partial charge in [-0.15, -0.1) is 0 Å². The zero-order valence-corrected chi connectivity index (χ0v) is 10.5. The maximum atomic E-state index is 7.41.